The van der Waals surface area contributed by atoms with Gasteiger partial charge in [0.25, 0.3) is 0 Å². The number of benzene rings is 2. The van der Waals surface area contributed by atoms with Crippen molar-refractivity contribution in [1.29, 1.82) is 0 Å². The first kappa shape index (κ1) is 27.7. The highest BCUT2D eigenvalue weighted by Crippen LogP contribution is 2.49. The number of hydrogen-bond acceptors (Lipinski definition) is 1. The van der Waals surface area contributed by atoms with Gasteiger partial charge >= 0.3 is 0 Å². The van der Waals surface area contributed by atoms with Crippen molar-refractivity contribution in [3.8, 4) is 0 Å². The molecule has 0 N–H and O–H groups in total. The van der Waals surface area contributed by atoms with E-state index in [-0.39, 0.29) is 10.8 Å². The van der Waals surface area contributed by atoms with Crippen LogP contribution in [0.15, 0.2) is 94.7 Å². The summed E-state index contributed by atoms with van der Waals surface area (Å²) in [4.78, 5) is 2.49. The van der Waals surface area contributed by atoms with Gasteiger partial charge in [0.1, 0.15) is 6.54 Å². The minimum absolute atomic E-state index is 0.0313. The third kappa shape index (κ3) is 4.76. The molecule has 0 saturated heterocycles. The van der Waals surface area contributed by atoms with Gasteiger partial charge in [-0.25, -0.2) is 0 Å². The Kier molecular flexibility index (Phi) is 7.55. The molecule has 2 aromatic rings. The molecule has 0 radical (unpaired) electrons. The minimum Gasteiger partial charge on any atom is -0.341 e. The maximum Gasteiger partial charge on any atom is 0.209 e. The molecule has 2 nitrogen and oxygen atoms in total. The fraction of sp³-hybridized carbons (Fsp3) is 0.417. The first-order valence-corrected chi connectivity index (χ1v) is 15.1. The topological polar surface area (TPSA) is 6.25 Å². The molecule has 3 heteroatoms. The molecule has 5 rings (SSSR count). The Labute approximate surface area is 241 Å². The lowest BCUT2D eigenvalue weighted by atomic mass is 9.81. The summed E-state index contributed by atoms with van der Waals surface area (Å²) < 4.78 is 2.50. The Bertz CT molecular complexity index is 1430. The normalized spacial score (nSPS) is 22.1. The van der Waals surface area contributed by atoms with Gasteiger partial charge in [0, 0.05) is 52.0 Å². The highest BCUT2D eigenvalue weighted by atomic mass is 35.5. The zero-order valence-corrected chi connectivity index (χ0v) is 25.6. The third-order valence-corrected chi connectivity index (χ3v) is 9.33. The molecule has 0 fully saturated rings. The standard InChI is InChI=1S/C36H44ClN2/c1-8-24-38-30-18-11-9-16-28(30)35(4,5)32(38)22-20-26-14-13-15-27(34(26)37)21-23-33-36(6,7)29-17-10-12-19-31(29)39(33)25(2)3/h9-12,16-23,25H,8,13-15,24H2,1-7H3/q+1. The fourth-order valence-electron chi connectivity index (χ4n) is 6.80. The summed E-state index contributed by atoms with van der Waals surface area (Å²) in [6, 6.07) is 18.1. The van der Waals surface area contributed by atoms with Crippen LogP contribution in [-0.4, -0.2) is 22.9 Å². The molecule has 2 heterocycles. The second-order valence-electron chi connectivity index (χ2n) is 12.6. The monoisotopic (exact) mass is 539 g/mol. The second kappa shape index (κ2) is 10.6. The molecule has 2 aromatic carbocycles. The molecule has 0 saturated carbocycles. The largest absolute Gasteiger partial charge is 0.341 e. The SMILES string of the molecule is CCC[N+]1=C(/C=C/C2=C(Cl)C(=C/C=C3\N(C(C)C)c4ccccc4C3(C)C)/CCC2)C(C)(C)c2ccccc21. The predicted octanol–water partition coefficient (Wildman–Crippen LogP) is 9.72. The van der Waals surface area contributed by atoms with Crippen molar-refractivity contribution >= 4 is 28.7 Å². The number of rotatable bonds is 6. The number of anilines is 1. The molecule has 0 aromatic heterocycles. The zero-order chi connectivity index (χ0) is 27.9. The van der Waals surface area contributed by atoms with E-state index in [9.17, 15) is 0 Å². The van der Waals surface area contributed by atoms with E-state index in [4.69, 9.17) is 11.6 Å². The van der Waals surface area contributed by atoms with Crippen LogP contribution in [0.5, 0.6) is 0 Å². The average Bonchev–Trinajstić information content (AvgIpc) is 3.27. The Morgan fingerprint density at radius 1 is 0.897 bits per heavy atom. The molecule has 0 spiro atoms. The summed E-state index contributed by atoms with van der Waals surface area (Å²) in [6.45, 7) is 17.2. The summed E-state index contributed by atoms with van der Waals surface area (Å²) in [5.74, 6) is 0. The molecule has 0 unspecified atom stereocenters. The highest BCUT2D eigenvalue weighted by Gasteiger charge is 2.44. The third-order valence-electron chi connectivity index (χ3n) is 8.84. The van der Waals surface area contributed by atoms with Gasteiger partial charge in [-0.1, -0.05) is 80.9 Å². The van der Waals surface area contributed by atoms with Gasteiger partial charge in [-0.05, 0) is 75.8 Å². The number of hydrogen-bond donors (Lipinski definition) is 0. The van der Waals surface area contributed by atoms with Crippen LogP contribution >= 0.6 is 11.6 Å². The first-order valence-electron chi connectivity index (χ1n) is 14.7. The first-order chi connectivity index (χ1) is 18.6. The van der Waals surface area contributed by atoms with Gasteiger partial charge in [0.15, 0.2) is 5.71 Å². The molecular weight excluding hydrogens is 496 g/mol. The van der Waals surface area contributed by atoms with Gasteiger partial charge < -0.3 is 4.90 Å². The van der Waals surface area contributed by atoms with E-state index in [2.05, 4.69) is 131 Å². The smallest absolute Gasteiger partial charge is 0.209 e. The lowest BCUT2D eigenvalue weighted by molar-refractivity contribution is -0.437. The molecule has 0 bridgehead atoms. The number of nitrogens with zero attached hydrogens (tertiary/aromatic N) is 2. The summed E-state index contributed by atoms with van der Waals surface area (Å²) >= 11 is 7.13. The van der Waals surface area contributed by atoms with Gasteiger partial charge in [-0.2, -0.15) is 4.58 Å². The van der Waals surface area contributed by atoms with Crippen molar-refractivity contribution in [2.24, 2.45) is 0 Å². The molecule has 0 amide bonds. The van der Waals surface area contributed by atoms with Crippen molar-refractivity contribution < 1.29 is 4.58 Å². The van der Waals surface area contributed by atoms with Crippen molar-refractivity contribution in [2.45, 2.75) is 91.0 Å². The zero-order valence-electron chi connectivity index (χ0n) is 24.8. The molecule has 39 heavy (non-hydrogen) atoms. The van der Waals surface area contributed by atoms with E-state index < -0.39 is 0 Å². The molecule has 2 aliphatic heterocycles. The molecular formula is C36H44ClN2+. The second-order valence-corrected chi connectivity index (χ2v) is 12.9. The van der Waals surface area contributed by atoms with Crippen LogP contribution < -0.4 is 4.90 Å². The van der Waals surface area contributed by atoms with E-state index in [0.29, 0.717) is 6.04 Å². The van der Waals surface area contributed by atoms with Crippen molar-refractivity contribution in [2.75, 3.05) is 11.4 Å². The number of allylic oxidation sites excluding steroid dienone is 8. The Hall–Kier alpha value is -2.84. The van der Waals surface area contributed by atoms with Gasteiger partial charge in [-0.15, -0.1) is 0 Å². The molecule has 1 aliphatic carbocycles. The van der Waals surface area contributed by atoms with E-state index in [0.717, 1.165) is 37.3 Å². The van der Waals surface area contributed by atoms with Gasteiger partial charge in [-0.3, -0.25) is 0 Å². The predicted molar refractivity (Wildman–Crippen MR) is 169 cm³/mol. The number of halogens is 1. The van der Waals surface area contributed by atoms with Crippen molar-refractivity contribution in [3.63, 3.8) is 0 Å². The molecule has 0 atom stereocenters. The summed E-state index contributed by atoms with van der Waals surface area (Å²) in [5, 5.41) is 0.926. The van der Waals surface area contributed by atoms with Crippen molar-refractivity contribution in [3.05, 3.63) is 106 Å². The van der Waals surface area contributed by atoms with Crippen LogP contribution in [-0.2, 0) is 10.8 Å². The van der Waals surface area contributed by atoms with Crippen LogP contribution in [0.25, 0.3) is 0 Å². The Morgan fingerprint density at radius 3 is 2.31 bits per heavy atom. The quantitative estimate of drug-likeness (QED) is 0.331. The molecule has 3 aliphatic rings. The molecule has 204 valence electrons. The highest BCUT2D eigenvalue weighted by molar-refractivity contribution is 6.32. The van der Waals surface area contributed by atoms with Crippen LogP contribution in [0, 0.1) is 0 Å². The summed E-state index contributed by atoms with van der Waals surface area (Å²) in [7, 11) is 0. The van der Waals surface area contributed by atoms with Crippen LogP contribution in [0.3, 0.4) is 0 Å². The van der Waals surface area contributed by atoms with Crippen molar-refractivity contribution in [1.82, 2.24) is 0 Å². The van der Waals surface area contributed by atoms with E-state index >= 15 is 0 Å². The van der Waals surface area contributed by atoms with Gasteiger partial charge in [0.05, 0.1) is 5.41 Å². The summed E-state index contributed by atoms with van der Waals surface area (Å²) in [6.07, 6.45) is 13.5. The van der Waals surface area contributed by atoms with Crippen LogP contribution in [0.4, 0.5) is 11.4 Å². The Morgan fingerprint density at radius 2 is 1.59 bits per heavy atom. The van der Waals surface area contributed by atoms with Crippen LogP contribution in [0.1, 0.15) is 85.3 Å². The van der Waals surface area contributed by atoms with Gasteiger partial charge in [0.2, 0.25) is 5.69 Å². The van der Waals surface area contributed by atoms with Crippen LogP contribution in [0.2, 0.25) is 0 Å². The summed E-state index contributed by atoms with van der Waals surface area (Å²) in [5.41, 5.74) is 10.6. The Balaban J connectivity index is 1.50. The maximum atomic E-state index is 7.13. The lowest BCUT2D eigenvalue weighted by Gasteiger charge is -2.30. The maximum absolute atomic E-state index is 7.13. The van der Waals surface area contributed by atoms with E-state index in [1.807, 2.05) is 0 Å². The lowest BCUT2D eigenvalue weighted by Crippen LogP contribution is -2.31. The average molecular weight is 540 g/mol. The minimum atomic E-state index is -0.0477. The van der Waals surface area contributed by atoms with E-state index in [1.165, 1.54) is 45.1 Å². The van der Waals surface area contributed by atoms with E-state index in [1.54, 1.807) is 0 Å². The number of para-hydroxylation sites is 2. The fourth-order valence-corrected chi connectivity index (χ4v) is 7.11. The number of fused-ring (bicyclic) bond motifs is 2.